The first-order valence-electron chi connectivity index (χ1n) is 5.30. The summed E-state index contributed by atoms with van der Waals surface area (Å²) in [5.41, 5.74) is 0. The van der Waals surface area contributed by atoms with Crippen molar-refractivity contribution in [1.29, 1.82) is 0 Å². The van der Waals surface area contributed by atoms with Crippen molar-refractivity contribution in [3.05, 3.63) is 0 Å². The molecule has 0 heterocycles. The Hall–Kier alpha value is 0.0129. The van der Waals surface area contributed by atoms with Gasteiger partial charge in [-0.2, -0.15) is 0 Å². The number of carbonyl (C=O) groups is 1. The van der Waals surface area contributed by atoms with Crippen molar-refractivity contribution in [1.82, 2.24) is 0 Å². The predicted molar refractivity (Wildman–Crippen MR) is 58.6 cm³/mol. The molecule has 78 valence electrons. The van der Waals surface area contributed by atoms with Gasteiger partial charge in [0.2, 0.25) is 0 Å². The summed E-state index contributed by atoms with van der Waals surface area (Å²) in [5, 5.41) is 5.59. The van der Waals surface area contributed by atoms with Gasteiger partial charge in [0.1, 0.15) is 0 Å². The molecular weight excluding hydrogens is 225 g/mol. The molecule has 0 bridgehead atoms. The third-order valence-corrected chi connectivity index (χ3v) is 15.7. The van der Waals surface area contributed by atoms with Gasteiger partial charge < -0.3 is 0 Å². The van der Waals surface area contributed by atoms with Gasteiger partial charge >= 0.3 is 84.1 Å². The van der Waals surface area contributed by atoms with E-state index in [9.17, 15) is 4.79 Å². The van der Waals surface area contributed by atoms with Gasteiger partial charge in [0.15, 0.2) is 0 Å². The van der Waals surface area contributed by atoms with Gasteiger partial charge in [0, 0.05) is 0 Å². The molecular formula is C10H22GeO2. The van der Waals surface area contributed by atoms with Crippen molar-refractivity contribution in [3.8, 4) is 0 Å². The predicted octanol–water partition coefficient (Wildman–Crippen LogP) is 3.06. The molecule has 3 heteroatoms. The van der Waals surface area contributed by atoms with Crippen LogP contribution in [0.2, 0.25) is 21.0 Å². The average molecular weight is 247 g/mol. The molecule has 0 aliphatic rings. The van der Waals surface area contributed by atoms with Gasteiger partial charge in [-0.15, -0.1) is 0 Å². The minimum atomic E-state index is -1.47. The summed E-state index contributed by atoms with van der Waals surface area (Å²) in [5.74, 6) is 0. The van der Waals surface area contributed by atoms with E-state index in [0.717, 1.165) is 6.42 Å². The molecule has 0 aliphatic carbocycles. The second-order valence-electron chi connectivity index (χ2n) is 3.63. The van der Waals surface area contributed by atoms with E-state index < -0.39 is 13.3 Å². The summed E-state index contributed by atoms with van der Waals surface area (Å²) in [4.78, 5) is 9.93. The minimum absolute atomic E-state index is 0.554. The van der Waals surface area contributed by atoms with Crippen molar-refractivity contribution in [2.45, 2.75) is 48.2 Å². The first kappa shape index (κ1) is 13.0. The Morgan fingerprint density at radius 2 is 1.69 bits per heavy atom. The van der Waals surface area contributed by atoms with Gasteiger partial charge in [0.25, 0.3) is 0 Å². The van der Waals surface area contributed by atoms with E-state index in [1.165, 1.54) is 21.0 Å². The van der Waals surface area contributed by atoms with Crippen LogP contribution in [0.25, 0.3) is 0 Å². The first-order valence-corrected chi connectivity index (χ1v) is 11.2. The molecule has 0 rings (SSSR count). The Labute approximate surface area is 84.4 Å². The molecule has 13 heavy (non-hydrogen) atoms. The van der Waals surface area contributed by atoms with Gasteiger partial charge in [-0.05, 0) is 0 Å². The molecule has 2 nitrogen and oxygen atoms in total. The van der Waals surface area contributed by atoms with Crippen molar-refractivity contribution >= 4 is 19.7 Å². The van der Waals surface area contributed by atoms with Crippen LogP contribution in [0.15, 0.2) is 0 Å². The van der Waals surface area contributed by atoms with Gasteiger partial charge in [-0.25, -0.2) is 0 Å². The second kappa shape index (κ2) is 7.42. The Kier molecular flexibility index (Phi) is 7.43. The molecule has 0 amide bonds. The summed E-state index contributed by atoms with van der Waals surface area (Å²) in [7, 11) is 0. The van der Waals surface area contributed by atoms with E-state index in [4.69, 9.17) is 4.74 Å². The molecule has 0 N–H and O–H groups in total. The summed E-state index contributed by atoms with van der Waals surface area (Å²) in [6, 6.07) is 0. The molecule has 0 saturated carbocycles. The van der Waals surface area contributed by atoms with Gasteiger partial charge in [-0.3, -0.25) is 0 Å². The van der Waals surface area contributed by atoms with Crippen LogP contribution in [0, 0.1) is 0 Å². The zero-order chi connectivity index (χ0) is 10.2. The molecule has 0 aliphatic heterocycles. The zero-order valence-electron chi connectivity index (χ0n) is 9.14. The van der Waals surface area contributed by atoms with Crippen LogP contribution in [0.1, 0.15) is 27.2 Å². The van der Waals surface area contributed by atoms with Crippen LogP contribution in [-0.4, -0.2) is 26.3 Å². The van der Waals surface area contributed by atoms with Crippen LogP contribution >= 0.6 is 0 Å². The Bertz CT molecular complexity index is 125. The van der Waals surface area contributed by atoms with E-state index in [-0.39, 0.29) is 0 Å². The Morgan fingerprint density at radius 1 is 1.15 bits per heavy atom. The van der Waals surface area contributed by atoms with E-state index in [2.05, 4.69) is 20.8 Å². The molecule has 0 aromatic heterocycles. The third kappa shape index (κ3) is 4.70. The Morgan fingerprint density at radius 3 is 2.08 bits per heavy atom. The number of rotatable bonds is 8. The number of hydrogen-bond donors (Lipinski definition) is 0. The summed E-state index contributed by atoms with van der Waals surface area (Å²) in [6.07, 6.45) is 1.08. The van der Waals surface area contributed by atoms with Crippen LogP contribution in [-0.2, 0) is 9.53 Å². The molecule has 0 aromatic carbocycles. The van der Waals surface area contributed by atoms with E-state index in [1.54, 1.807) is 0 Å². The monoisotopic (exact) mass is 248 g/mol. The van der Waals surface area contributed by atoms with Gasteiger partial charge in [-0.1, -0.05) is 0 Å². The Balaban J connectivity index is 3.74. The fourth-order valence-corrected chi connectivity index (χ4v) is 9.11. The standard InChI is InChI=1S/C10H22GeO2/c1-4-11(5-2,6-3)8-7-9-13-10-12/h10H,4-9H2,1-3H3. The van der Waals surface area contributed by atoms with Crippen molar-refractivity contribution in [2.75, 3.05) is 6.61 Å². The normalized spacial score (nSPS) is 11.3. The molecule has 0 unspecified atom stereocenters. The van der Waals surface area contributed by atoms with E-state index in [1.807, 2.05) is 0 Å². The topological polar surface area (TPSA) is 26.3 Å². The second-order valence-corrected chi connectivity index (χ2v) is 15.4. The quantitative estimate of drug-likeness (QED) is 0.374. The number of hydrogen-bond acceptors (Lipinski definition) is 2. The maximum atomic E-state index is 9.93. The summed E-state index contributed by atoms with van der Waals surface area (Å²) >= 11 is -1.47. The van der Waals surface area contributed by atoms with Crippen LogP contribution in [0.4, 0.5) is 0 Å². The maximum absolute atomic E-state index is 9.93. The molecule has 0 fully saturated rings. The fourth-order valence-electron chi connectivity index (χ4n) is 1.86. The number of carbonyl (C=O) groups excluding carboxylic acids is 1. The molecule has 0 radical (unpaired) electrons. The number of ether oxygens (including phenoxy) is 1. The SMILES string of the molecule is C[CH2][Ge]([CH2]C)([CH2]C)[CH2]CCOC=O. The average Bonchev–Trinajstić information content (AvgIpc) is 2.20. The zero-order valence-corrected chi connectivity index (χ0v) is 11.2. The summed E-state index contributed by atoms with van der Waals surface area (Å²) in [6.45, 7) is 8.16. The molecule has 0 atom stereocenters. The van der Waals surface area contributed by atoms with Crippen molar-refractivity contribution < 1.29 is 9.53 Å². The summed E-state index contributed by atoms with van der Waals surface area (Å²) < 4.78 is 4.71. The van der Waals surface area contributed by atoms with Crippen LogP contribution in [0.5, 0.6) is 0 Å². The van der Waals surface area contributed by atoms with Crippen molar-refractivity contribution in [3.63, 3.8) is 0 Å². The van der Waals surface area contributed by atoms with Crippen LogP contribution in [0.3, 0.4) is 0 Å². The molecule has 0 aromatic rings. The van der Waals surface area contributed by atoms with Gasteiger partial charge in [0.05, 0.1) is 0 Å². The molecule has 0 saturated heterocycles. The third-order valence-electron chi connectivity index (χ3n) is 3.29. The molecule has 0 spiro atoms. The first-order chi connectivity index (χ1) is 6.24. The van der Waals surface area contributed by atoms with Crippen molar-refractivity contribution in [2.24, 2.45) is 0 Å². The fraction of sp³-hybridized carbons (Fsp3) is 0.900. The van der Waals surface area contributed by atoms with Crippen LogP contribution < -0.4 is 0 Å². The van der Waals surface area contributed by atoms with E-state index in [0.29, 0.717) is 13.1 Å². The van der Waals surface area contributed by atoms with E-state index >= 15 is 0 Å².